The summed E-state index contributed by atoms with van der Waals surface area (Å²) in [4.78, 5) is 2.68. The topological polar surface area (TPSA) is 29.3 Å². The summed E-state index contributed by atoms with van der Waals surface area (Å²) in [6.45, 7) is 2.82. The maximum atomic E-state index is 14.1. The van der Waals surface area contributed by atoms with E-state index in [2.05, 4.69) is 0 Å². The summed E-state index contributed by atoms with van der Waals surface area (Å²) in [7, 11) is 0. The minimum atomic E-state index is -0.647. The lowest BCUT2D eigenvalue weighted by molar-refractivity contribution is 0.571. The first-order valence-corrected chi connectivity index (χ1v) is 7.38. The number of thiophene rings is 1. The van der Waals surface area contributed by atoms with Gasteiger partial charge in [-0.05, 0) is 30.5 Å². The summed E-state index contributed by atoms with van der Waals surface area (Å²) in [6, 6.07) is 6.21. The van der Waals surface area contributed by atoms with Crippen LogP contribution in [0.1, 0.15) is 17.4 Å². The normalized spacial score (nSPS) is 10.6. The second-order valence-electron chi connectivity index (χ2n) is 4.25. The third-order valence-electron chi connectivity index (χ3n) is 2.93. The quantitative estimate of drug-likeness (QED) is 0.854. The van der Waals surface area contributed by atoms with Crippen molar-refractivity contribution in [3.63, 3.8) is 0 Å². The third-order valence-corrected chi connectivity index (χ3v) is 4.02. The van der Waals surface area contributed by atoms with Gasteiger partial charge >= 0.3 is 0 Å². The van der Waals surface area contributed by atoms with Crippen LogP contribution in [0.5, 0.6) is 0 Å². The first-order chi connectivity index (χ1) is 9.52. The van der Waals surface area contributed by atoms with Gasteiger partial charge in [0.2, 0.25) is 0 Å². The number of nitrogens with zero attached hydrogens (tertiary/aromatic N) is 1. The van der Waals surface area contributed by atoms with Crippen LogP contribution in [-0.4, -0.2) is 11.5 Å². The molecule has 0 unspecified atom stereocenters. The van der Waals surface area contributed by atoms with Crippen LogP contribution >= 0.6 is 23.6 Å². The monoisotopic (exact) mass is 312 g/mol. The average molecular weight is 312 g/mol. The van der Waals surface area contributed by atoms with Crippen LogP contribution in [0.3, 0.4) is 0 Å². The van der Waals surface area contributed by atoms with Gasteiger partial charge in [0.05, 0.1) is 6.54 Å². The van der Waals surface area contributed by atoms with Crippen molar-refractivity contribution in [2.24, 2.45) is 5.73 Å². The molecule has 0 atom stereocenters. The Hall–Kier alpha value is -1.53. The summed E-state index contributed by atoms with van der Waals surface area (Å²) < 4.78 is 28.3. The molecule has 6 heteroatoms. The summed E-state index contributed by atoms with van der Waals surface area (Å²) >= 11 is 6.30. The molecule has 2 nitrogen and oxygen atoms in total. The SMILES string of the molecule is CCN(Cc1cccs1)c1c(F)cc(C(N)=S)cc1F. The molecule has 0 aliphatic carbocycles. The fraction of sp³-hybridized carbons (Fsp3) is 0.214. The van der Waals surface area contributed by atoms with Crippen LogP contribution in [0, 0.1) is 11.6 Å². The van der Waals surface area contributed by atoms with Crippen molar-refractivity contribution < 1.29 is 8.78 Å². The van der Waals surface area contributed by atoms with E-state index in [0.29, 0.717) is 13.1 Å². The number of anilines is 1. The van der Waals surface area contributed by atoms with Crippen LogP contribution in [0.25, 0.3) is 0 Å². The van der Waals surface area contributed by atoms with E-state index in [1.165, 1.54) is 12.1 Å². The second kappa shape index (κ2) is 6.28. The Bertz CT molecular complexity index is 589. The van der Waals surface area contributed by atoms with E-state index in [9.17, 15) is 8.78 Å². The number of nitrogens with two attached hydrogens (primary N) is 1. The third kappa shape index (κ3) is 3.13. The van der Waals surface area contributed by atoms with E-state index in [-0.39, 0.29) is 16.2 Å². The van der Waals surface area contributed by atoms with E-state index in [0.717, 1.165) is 4.88 Å². The molecule has 0 bridgehead atoms. The molecule has 1 heterocycles. The number of thiocarbonyl (C=S) groups is 1. The molecule has 106 valence electrons. The zero-order valence-corrected chi connectivity index (χ0v) is 12.5. The van der Waals surface area contributed by atoms with Crippen molar-refractivity contribution in [2.75, 3.05) is 11.4 Å². The first-order valence-electron chi connectivity index (χ1n) is 6.09. The summed E-state index contributed by atoms with van der Waals surface area (Å²) in [6.07, 6.45) is 0. The Morgan fingerprint density at radius 3 is 2.45 bits per heavy atom. The molecular weight excluding hydrogens is 298 g/mol. The molecule has 2 rings (SSSR count). The number of rotatable bonds is 5. The fourth-order valence-electron chi connectivity index (χ4n) is 1.95. The van der Waals surface area contributed by atoms with E-state index in [1.807, 2.05) is 24.4 Å². The van der Waals surface area contributed by atoms with E-state index in [4.69, 9.17) is 18.0 Å². The Labute approximate surface area is 125 Å². The lowest BCUT2D eigenvalue weighted by atomic mass is 10.1. The Morgan fingerprint density at radius 2 is 2.00 bits per heavy atom. The zero-order chi connectivity index (χ0) is 14.7. The summed E-state index contributed by atoms with van der Waals surface area (Å²) in [5.74, 6) is -1.29. The molecule has 0 radical (unpaired) electrons. The van der Waals surface area contributed by atoms with Gasteiger partial charge in [0.1, 0.15) is 22.3 Å². The predicted octanol–water partition coefficient (Wildman–Crippen LogP) is 3.69. The number of hydrogen-bond acceptors (Lipinski definition) is 3. The van der Waals surface area contributed by atoms with Gasteiger partial charge in [0, 0.05) is 17.0 Å². The number of halogens is 2. The Balaban J connectivity index is 2.37. The van der Waals surface area contributed by atoms with Gasteiger partial charge in [-0.25, -0.2) is 8.78 Å². The lowest BCUT2D eigenvalue weighted by Gasteiger charge is -2.24. The largest absolute Gasteiger partial charge is 0.389 e. The molecule has 20 heavy (non-hydrogen) atoms. The second-order valence-corrected chi connectivity index (χ2v) is 5.72. The molecule has 2 aromatic rings. The Kier molecular flexibility index (Phi) is 4.67. The number of benzene rings is 1. The highest BCUT2D eigenvalue weighted by molar-refractivity contribution is 7.80. The molecule has 0 aliphatic heterocycles. The van der Waals surface area contributed by atoms with Crippen molar-refractivity contribution >= 4 is 34.2 Å². The van der Waals surface area contributed by atoms with Gasteiger partial charge in [-0.3, -0.25) is 0 Å². The van der Waals surface area contributed by atoms with Crippen molar-refractivity contribution in [1.29, 1.82) is 0 Å². The highest BCUT2D eigenvalue weighted by Gasteiger charge is 2.18. The summed E-state index contributed by atoms with van der Waals surface area (Å²) in [5.41, 5.74) is 5.57. The minimum Gasteiger partial charge on any atom is -0.389 e. The molecular formula is C14H14F2N2S2. The van der Waals surface area contributed by atoms with Crippen LogP contribution in [0.4, 0.5) is 14.5 Å². The molecule has 0 spiro atoms. The smallest absolute Gasteiger partial charge is 0.150 e. The molecule has 0 saturated carbocycles. The maximum Gasteiger partial charge on any atom is 0.150 e. The molecule has 1 aromatic carbocycles. The molecule has 0 saturated heterocycles. The molecule has 0 amide bonds. The maximum absolute atomic E-state index is 14.1. The van der Waals surface area contributed by atoms with Gasteiger partial charge in [0.25, 0.3) is 0 Å². The molecule has 1 aromatic heterocycles. The highest BCUT2D eigenvalue weighted by Crippen LogP contribution is 2.27. The highest BCUT2D eigenvalue weighted by atomic mass is 32.1. The van der Waals surface area contributed by atoms with Crippen LogP contribution in [0.2, 0.25) is 0 Å². The fourth-order valence-corrected chi connectivity index (χ4v) is 2.79. The van der Waals surface area contributed by atoms with Crippen molar-refractivity contribution in [1.82, 2.24) is 0 Å². The van der Waals surface area contributed by atoms with Gasteiger partial charge in [-0.2, -0.15) is 0 Å². The standard InChI is InChI=1S/C14H14F2N2S2/c1-2-18(8-10-4-3-5-20-10)13-11(15)6-9(14(17)19)7-12(13)16/h3-7H,2,8H2,1H3,(H2,17,19). The Morgan fingerprint density at radius 1 is 1.35 bits per heavy atom. The van der Waals surface area contributed by atoms with E-state index >= 15 is 0 Å². The average Bonchev–Trinajstić information content (AvgIpc) is 2.89. The predicted molar refractivity (Wildman–Crippen MR) is 83.3 cm³/mol. The van der Waals surface area contributed by atoms with E-state index < -0.39 is 11.6 Å². The zero-order valence-electron chi connectivity index (χ0n) is 10.9. The van der Waals surface area contributed by atoms with Crippen molar-refractivity contribution in [2.45, 2.75) is 13.5 Å². The molecule has 0 fully saturated rings. The van der Waals surface area contributed by atoms with Gasteiger partial charge in [-0.15, -0.1) is 11.3 Å². The van der Waals surface area contributed by atoms with Crippen LogP contribution in [0.15, 0.2) is 29.6 Å². The first kappa shape index (κ1) is 14.9. The molecule has 0 aliphatic rings. The molecule has 2 N–H and O–H groups in total. The van der Waals surface area contributed by atoms with Crippen LogP contribution in [-0.2, 0) is 6.54 Å². The van der Waals surface area contributed by atoms with Crippen molar-refractivity contribution in [3.05, 3.63) is 51.7 Å². The lowest BCUT2D eigenvalue weighted by Crippen LogP contribution is -2.24. The van der Waals surface area contributed by atoms with Crippen LogP contribution < -0.4 is 10.6 Å². The van der Waals surface area contributed by atoms with Gasteiger partial charge in [-0.1, -0.05) is 18.3 Å². The van der Waals surface area contributed by atoms with Gasteiger partial charge in [0.15, 0.2) is 0 Å². The number of hydrogen-bond donors (Lipinski definition) is 1. The summed E-state index contributed by atoms with van der Waals surface area (Å²) in [5, 5.41) is 1.94. The van der Waals surface area contributed by atoms with E-state index in [1.54, 1.807) is 16.2 Å². The minimum absolute atomic E-state index is 0.0179. The van der Waals surface area contributed by atoms with Crippen molar-refractivity contribution in [3.8, 4) is 0 Å². The van der Waals surface area contributed by atoms with Gasteiger partial charge < -0.3 is 10.6 Å².